The monoisotopic (exact) mass is 287 g/mol. The Hall–Kier alpha value is -1.81. The molecule has 114 valence electrons. The number of fused-ring (bicyclic) bond motifs is 1. The Morgan fingerprint density at radius 2 is 1.90 bits per heavy atom. The standard InChI is InChI=1S/C17H25N3O/c1-4-18-11-14-12-20(13-17(21)19(5-2)6-3)16-10-8-7-9-15(14)16/h7-10,12,18H,4-6,11,13H2,1-3H3. The molecule has 0 atom stereocenters. The normalized spacial score (nSPS) is 11.0. The van der Waals surface area contributed by atoms with Gasteiger partial charge in [0.25, 0.3) is 0 Å². The second kappa shape index (κ2) is 7.27. The Morgan fingerprint density at radius 3 is 2.57 bits per heavy atom. The number of carbonyl (C=O) groups excluding carboxylic acids is 1. The lowest BCUT2D eigenvalue weighted by Crippen LogP contribution is -2.33. The van der Waals surface area contributed by atoms with E-state index < -0.39 is 0 Å². The maximum Gasteiger partial charge on any atom is 0.242 e. The van der Waals surface area contributed by atoms with Crippen LogP contribution in [0.3, 0.4) is 0 Å². The number of amides is 1. The van der Waals surface area contributed by atoms with Gasteiger partial charge in [-0.15, -0.1) is 0 Å². The minimum absolute atomic E-state index is 0.177. The summed E-state index contributed by atoms with van der Waals surface area (Å²) in [6.45, 7) is 9.86. The van der Waals surface area contributed by atoms with E-state index in [0.717, 1.165) is 31.7 Å². The van der Waals surface area contributed by atoms with Crippen LogP contribution in [0, 0.1) is 0 Å². The van der Waals surface area contributed by atoms with Crippen LogP contribution in [0.15, 0.2) is 30.5 Å². The second-order valence-electron chi connectivity index (χ2n) is 5.15. The van der Waals surface area contributed by atoms with Crippen molar-refractivity contribution in [2.45, 2.75) is 33.9 Å². The molecule has 2 aromatic rings. The molecule has 1 heterocycles. The highest BCUT2D eigenvalue weighted by Crippen LogP contribution is 2.21. The zero-order valence-corrected chi connectivity index (χ0v) is 13.2. The Bertz CT molecular complexity index is 599. The lowest BCUT2D eigenvalue weighted by molar-refractivity contribution is -0.131. The Morgan fingerprint density at radius 1 is 1.19 bits per heavy atom. The molecule has 0 aliphatic carbocycles. The van der Waals surface area contributed by atoms with Gasteiger partial charge >= 0.3 is 0 Å². The third-order valence-electron chi connectivity index (χ3n) is 3.86. The number of hydrogen-bond donors (Lipinski definition) is 1. The molecule has 0 unspecified atom stereocenters. The fraction of sp³-hybridized carbons (Fsp3) is 0.471. The van der Waals surface area contributed by atoms with Gasteiger partial charge in [0, 0.05) is 36.7 Å². The molecule has 0 radical (unpaired) electrons. The van der Waals surface area contributed by atoms with Gasteiger partial charge in [-0.3, -0.25) is 4.79 Å². The first-order valence-corrected chi connectivity index (χ1v) is 7.76. The molecule has 0 saturated heterocycles. The van der Waals surface area contributed by atoms with Crippen LogP contribution in [-0.4, -0.2) is 35.0 Å². The van der Waals surface area contributed by atoms with E-state index in [0.29, 0.717) is 6.54 Å². The molecular formula is C17H25N3O. The van der Waals surface area contributed by atoms with Crippen molar-refractivity contribution in [2.24, 2.45) is 0 Å². The lowest BCUT2D eigenvalue weighted by atomic mass is 10.2. The van der Waals surface area contributed by atoms with Crippen LogP contribution in [-0.2, 0) is 17.9 Å². The zero-order valence-electron chi connectivity index (χ0n) is 13.2. The predicted molar refractivity (Wildman–Crippen MR) is 87.2 cm³/mol. The number of nitrogens with one attached hydrogen (secondary N) is 1. The van der Waals surface area contributed by atoms with Gasteiger partial charge in [0.05, 0.1) is 0 Å². The largest absolute Gasteiger partial charge is 0.342 e. The topological polar surface area (TPSA) is 37.3 Å². The Kier molecular flexibility index (Phi) is 5.39. The summed E-state index contributed by atoms with van der Waals surface area (Å²) in [5, 5.41) is 4.59. The molecule has 1 aromatic heterocycles. The van der Waals surface area contributed by atoms with E-state index in [1.54, 1.807) is 0 Å². The van der Waals surface area contributed by atoms with Crippen LogP contribution in [0.5, 0.6) is 0 Å². The number of rotatable bonds is 7. The van der Waals surface area contributed by atoms with Gasteiger partial charge in [-0.2, -0.15) is 0 Å². The molecule has 0 spiro atoms. The average molecular weight is 287 g/mol. The van der Waals surface area contributed by atoms with Gasteiger partial charge in [-0.25, -0.2) is 0 Å². The predicted octanol–water partition coefficient (Wildman–Crippen LogP) is 2.62. The highest BCUT2D eigenvalue weighted by Gasteiger charge is 2.13. The van der Waals surface area contributed by atoms with Gasteiger partial charge < -0.3 is 14.8 Å². The SMILES string of the molecule is CCNCc1cn(CC(=O)N(CC)CC)c2ccccc12. The highest BCUT2D eigenvalue weighted by atomic mass is 16.2. The Labute approximate surface area is 126 Å². The van der Waals surface area contributed by atoms with E-state index in [1.807, 2.05) is 30.9 Å². The molecular weight excluding hydrogens is 262 g/mol. The first-order chi connectivity index (χ1) is 10.2. The van der Waals surface area contributed by atoms with E-state index in [4.69, 9.17) is 0 Å². The summed E-state index contributed by atoms with van der Waals surface area (Å²) in [6, 6.07) is 8.28. The van der Waals surface area contributed by atoms with Crippen LogP contribution in [0.2, 0.25) is 0 Å². The van der Waals surface area contributed by atoms with E-state index in [9.17, 15) is 4.79 Å². The van der Waals surface area contributed by atoms with Crippen LogP contribution < -0.4 is 5.32 Å². The van der Waals surface area contributed by atoms with E-state index >= 15 is 0 Å². The van der Waals surface area contributed by atoms with E-state index in [2.05, 4.69) is 35.1 Å². The summed E-state index contributed by atoms with van der Waals surface area (Å²) in [6.07, 6.45) is 2.11. The van der Waals surface area contributed by atoms with Crippen LogP contribution in [0.1, 0.15) is 26.3 Å². The quantitative estimate of drug-likeness (QED) is 0.850. The summed E-state index contributed by atoms with van der Waals surface area (Å²) in [5.74, 6) is 0.177. The maximum absolute atomic E-state index is 12.3. The van der Waals surface area contributed by atoms with Crippen LogP contribution in [0.4, 0.5) is 0 Å². The number of hydrogen-bond acceptors (Lipinski definition) is 2. The van der Waals surface area contributed by atoms with Crippen molar-refractivity contribution in [1.82, 2.24) is 14.8 Å². The molecule has 0 saturated carbocycles. The summed E-state index contributed by atoms with van der Waals surface area (Å²) >= 11 is 0. The second-order valence-corrected chi connectivity index (χ2v) is 5.15. The third kappa shape index (κ3) is 3.45. The van der Waals surface area contributed by atoms with Crippen molar-refractivity contribution < 1.29 is 4.79 Å². The summed E-state index contributed by atoms with van der Waals surface area (Å²) in [5.41, 5.74) is 2.38. The summed E-state index contributed by atoms with van der Waals surface area (Å²) in [7, 11) is 0. The molecule has 1 amide bonds. The molecule has 0 aliphatic heterocycles. The molecule has 1 aromatic carbocycles. The van der Waals surface area contributed by atoms with Gasteiger partial charge in [0.15, 0.2) is 0 Å². The number of carbonyl (C=O) groups is 1. The molecule has 2 rings (SSSR count). The molecule has 4 heteroatoms. The number of para-hydroxylation sites is 1. The zero-order chi connectivity index (χ0) is 15.2. The number of aromatic nitrogens is 1. The number of nitrogens with zero attached hydrogens (tertiary/aromatic N) is 2. The molecule has 1 N–H and O–H groups in total. The van der Waals surface area contributed by atoms with Gasteiger partial charge in [0.2, 0.25) is 5.91 Å². The van der Waals surface area contributed by atoms with Crippen LogP contribution in [0.25, 0.3) is 10.9 Å². The minimum Gasteiger partial charge on any atom is -0.342 e. The molecule has 4 nitrogen and oxygen atoms in total. The maximum atomic E-state index is 12.3. The lowest BCUT2D eigenvalue weighted by Gasteiger charge is -2.19. The molecule has 0 bridgehead atoms. The van der Waals surface area contributed by atoms with Gasteiger partial charge in [0.1, 0.15) is 6.54 Å². The summed E-state index contributed by atoms with van der Waals surface area (Å²) < 4.78 is 2.07. The first-order valence-electron chi connectivity index (χ1n) is 7.76. The van der Waals surface area contributed by atoms with Crippen LogP contribution >= 0.6 is 0 Å². The molecule has 0 fully saturated rings. The van der Waals surface area contributed by atoms with Crippen molar-refractivity contribution in [3.63, 3.8) is 0 Å². The number of benzene rings is 1. The van der Waals surface area contributed by atoms with Crippen molar-refractivity contribution >= 4 is 16.8 Å². The highest BCUT2D eigenvalue weighted by molar-refractivity contribution is 5.86. The van der Waals surface area contributed by atoms with Gasteiger partial charge in [-0.1, -0.05) is 25.1 Å². The third-order valence-corrected chi connectivity index (χ3v) is 3.86. The smallest absolute Gasteiger partial charge is 0.242 e. The van der Waals surface area contributed by atoms with E-state index in [1.165, 1.54) is 10.9 Å². The summed E-state index contributed by atoms with van der Waals surface area (Å²) in [4.78, 5) is 14.2. The molecule has 21 heavy (non-hydrogen) atoms. The van der Waals surface area contributed by atoms with Crippen molar-refractivity contribution in [3.8, 4) is 0 Å². The Balaban J connectivity index is 2.29. The minimum atomic E-state index is 0.177. The first kappa shape index (κ1) is 15.6. The molecule has 0 aliphatic rings. The fourth-order valence-electron chi connectivity index (χ4n) is 2.68. The van der Waals surface area contributed by atoms with Gasteiger partial charge in [-0.05, 0) is 32.0 Å². The van der Waals surface area contributed by atoms with E-state index in [-0.39, 0.29) is 5.91 Å². The fourth-order valence-corrected chi connectivity index (χ4v) is 2.68. The van der Waals surface area contributed by atoms with Crippen molar-refractivity contribution in [1.29, 1.82) is 0 Å². The van der Waals surface area contributed by atoms with Crippen molar-refractivity contribution in [2.75, 3.05) is 19.6 Å². The average Bonchev–Trinajstić information content (AvgIpc) is 2.85. The number of likely N-dealkylation sites (N-methyl/N-ethyl adjacent to an activating group) is 1. The van der Waals surface area contributed by atoms with Crippen molar-refractivity contribution in [3.05, 3.63) is 36.0 Å².